The molecule has 2 aromatic rings. The van der Waals surface area contributed by atoms with Gasteiger partial charge in [0.1, 0.15) is 5.82 Å². The third-order valence-electron chi connectivity index (χ3n) is 7.59. The van der Waals surface area contributed by atoms with E-state index in [-0.39, 0.29) is 21.9 Å². The molecule has 2 aliphatic heterocycles. The molecule has 2 aliphatic rings. The number of anilines is 1. The van der Waals surface area contributed by atoms with Gasteiger partial charge in [0.2, 0.25) is 0 Å². The van der Waals surface area contributed by atoms with Crippen LogP contribution in [0.5, 0.6) is 0 Å². The Morgan fingerprint density at radius 1 is 1.00 bits per heavy atom. The highest BCUT2D eigenvalue weighted by molar-refractivity contribution is 7.80. The number of nitrogens with zero attached hydrogens (tertiary/aromatic N) is 1. The molecule has 0 atom stereocenters. The highest BCUT2D eigenvalue weighted by Gasteiger charge is 2.36. The average Bonchev–Trinajstić information content (AvgIpc) is 2.92. The quantitative estimate of drug-likeness (QED) is 0.216. The lowest BCUT2D eigenvalue weighted by atomic mass is 9.80. The molecule has 40 heavy (non-hydrogen) atoms. The summed E-state index contributed by atoms with van der Waals surface area (Å²) in [6.07, 6.45) is 3.15. The van der Waals surface area contributed by atoms with Crippen LogP contribution in [0.1, 0.15) is 56.1 Å². The molecule has 2 aromatic carbocycles. The zero-order chi connectivity index (χ0) is 28.8. The van der Waals surface area contributed by atoms with Crippen LogP contribution in [0.2, 0.25) is 0 Å². The van der Waals surface area contributed by atoms with E-state index in [1.165, 1.54) is 23.8 Å². The minimum Gasteiger partial charge on any atom is -0.478 e. The van der Waals surface area contributed by atoms with E-state index >= 15 is 0 Å². The topological polar surface area (TPSA) is 114 Å². The van der Waals surface area contributed by atoms with E-state index in [2.05, 4.69) is 45.1 Å². The average molecular weight is 567 g/mol. The van der Waals surface area contributed by atoms with Crippen LogP contribution < -0.4 is 16.0 Å². The number of halogens is 1. The van der Waals surface area contributed by atoms with Crippen molar-refractivity contribution in [2.45, 2.75) is 44.9 Å². The highest BCUT2D eigenvalue weighted by Crippen LogP contribution is 2.39. The summed E-state index contributed by atoms with van der Waals surface area (Å²) in [7, 11) is 0. The second kappa shape index (κ2) is 13.1. The second-order valence-corrected chi connectivity index (χ2v) is 10.7. The number of dihydropyridines is 1. The fourth-order valence-electron chi connectivity index (χ4n) is 5.60. The van der Waals surface area contributed by atoms with Gasteiger partial charge in [-0.1, -0.05) is 36.4 Å². The predicted molar refractivity (Wildman–Crippen MR) is 157 cm³/mol. The van der Waals surface area contributed by atoms with Gasteiger partial charge in [0.15, 0.2) is 5.11 Å². The van der Waals surface area contributed by atoms with Crippen LogP contribution in [0, 0.1) is 5.82 Å². The molecule has 0 saturated carbocycles. The number of carboxylic acids is 2. The number of aliphatic carboxylic acids is 2. The van der Waals surface area contributed by atoms with Gasteiger partial charge in [-0.3, -0.25) is 0 Å². The fourth-order valence-corrected chi connectivity index (χ4v) is 5.81. The van der Waals surface area contributed by atoms with Crippen molar-refractivity contribution in [1.82, 2.24) is 15.5 Å². The number of rotatable bonds is 9. The molecule has 0 radical (unpaired) electrons. The van der Waals surface area contributed by atoms with Gasteiger partial charge in [0.25, 0.3) is 0 Å². The lowest BCUT2D eigenvalue weighted by Gasteiger charge is -2.32. The number of likely N-dealkylation sites (tertiary alicyclic amines) is 1. The van der Waals surface area contributed by atoms with Gasteiger partial charge in [0, 0.05) is 17.9 Å². The van der Waals surface area contributed by atoms with E-state index < -0.39 is 23.7 Å². The number of nitrogens with one attached hydrogen (secondary N) is 3. The third kappa shape index (κ3) is 6.86. The van der Waals surface area contributed by atoms with E-state index in [1.807, 2.05) is 6.07 Å². The zero-order valence-corrected chi connectivity index (χ0v) is 23.5. The first-order valence-electron chi connectivity index (χ1n) is 13.4. The van der Waals surface area contributed by atoms with Gasteiger partial charge in [-0.25, -0.2) is 14.0 Å². The van der Waals surface area contributed by atoms with Crippen LogP contribution in [-0.2, 0) is 9.59 Å². The Bertz CT molecular complexity index is 1300. The fraction of sp³-hybridized carbons (Fsp3) is 0.367. The van der Waals surface area contributed by atoms with Crippen molar-refractivity contribution in [3.63, 3.8) is 0 Å². The number of carboxylic acid groups (broad SMARTS) is 2. The van der Waals surface area contributed by atoms with Crippen molar-refractivity contribution < 1.29 is 24.2 Å². The maximum atomic E-state index is 14.7. The van der Waals surface area contributed by atoms with E-state index in [9.17, 15) is 24.2 Å². The maximum Gasteiger partial charge on any atom is 0.334 e. The van der Waals surface area contributed by atoms with Crippen molar-refractivity contribution in [2.24, 2.45) is 0 Å². The van der Waals surface area contributed by atoms with Gasteiger partial charge < -0.3 is 31.1 Å². The minimum absolute atomic E-state index is 0.0429. The van der Waals surface area contributed by atoms with Crippen LogP contribution >= 0.6 is 12.2 Å². The molecule has 0 amide bonds. The molecule has 5 N–H and O–H groups in total. The van der Waals surface area contributed by atoms with Crippen LogP contribution in [-0.4, -0.2) is 58.3 Å². The van der Waals surface area contributed by atoms with Gasteiger partial charge >= 0.3 is 11.9 Å². The van der Waals surface area contributed by atoms with Gasteiger partial charge in [0.05, 0.1) is 22.8 Å². The number of thiocarbonyl (C=S) groups is 1. The predicted octanol–water partition coefficient (Wildman–Crippen LogP) is 4.79. The molecular weight excluding hydrogens is 531 g/mol. The Labute approximate surface area is 239 Å². The molecule has 0 unspecified atom stereocenters. The summed E-state index contributed by atoms with van der Waals surface area (Å²) >= 11 is 5.38. The van der Waals surface area contributed by atoms with E-state index in [0.717, 1.165) is 38.9 Å². The van der Waals surface area contributed by atoms with Gasteiger partial charge in [-0.2, -0.15) is 0 Å². The van der Waals surface area contributed by atoms with Crippen LogP contribution in [0.3, 0.4) is 0 Å². The molecular formula is C30H35FN4O4S. The second-order valence-electron chi connectivity index (χ2n) is 10.2. The Hall–Kier alpha value is -3.76. The van der Waals surface area contributed by atoms with Gasteiger partial charge in [-0.15, -0.1) is 0 Å². The molecule has 1 fully saturated rings. The SMILES string of the molecule is CC1=C(C(=O)O)C(c2ccc(F)c(NC(=S)NCCCN3CCC(c4ccccc4)CC3)c2)C(C(=O)O)=C(C)N1. The van der Waals surface area contributed by atoms with Crippen LogP contribution in [0.25, 0.3) is 0 Å². The number of hydrogen-bond acceptors (Lipinski definition) is 5. The first-order chi connectivity index (χ1) is 19.2. The Morgan fingerprint density at radius 2 is 1.62 bits per heavy atom. The summed E-state index contributed by atoms with van der Waals surface area (Å²) in [5.74, 6) is -3.55. The molecule has 0 spiro atoms. The molecule has 0 aliphatic carbocycles. The highest BCUT2D eigenvalue weighted by atomic mass is 32.1. The molecule has 4 rings (SSSR count). The zero-order valence-electron chi connectivity index (χ0n) is 22.7. The molecule has 1 saturated heterocycles. The number of carbonyl (C=O) groups is 2. The van der Waals surface area contributed by atoms with Crippen molar-refractivity contribution in [3.05, 3.63) is 88.0 Å². The minimum atomic E-state index is -1.25. The lowest BCUT2D eigenvalue weighted by Crippen LogP contribution is -2.36. The van der Waals surface area contributed by atoms with Crippen molar-refractivity contribution >= 4 is 35.0 Å². The van der Waals surface area contributed by atoms with Crippen LogP contribution in [0.15, 0.2) is 71.1 Å². The molecule has 10 heteroatoms. The lowest BCUT2D eigenvalue weighted by molar-refractivity contribution is -0.133. The summed E-state index contributed by atoms with van der Waals surface area (Å²) < 4.78 is 14.7. The summed E-state index contributed by atoms with van der Waals surface area (Å²) in [4.78, 5) is 26.6. The molecule has 2 heterocycles. The Morgan fingerprint density at radius 3 is 2.23 bits per heavy atom. The smallest absolute Gasteiger partial charge is 0.334 e. The van der Waals surface area contributed by atoms with Crippen LogP contribution in [0.4, 0.5) is 10.1 Å². The third-order valence-corrected chi connectivity index (χ3v) is 7.83. The Balaban J connectivity index is 1.33. The van der Waals surface area contributed by atoms with Crippen molar-refractivity contribution in [1.29, 1.82) is 0 Å². The number of allylic oxidation sites excluding steroid dienone is 2. The Kier molecular flexibility index (Phi) is 9.54. The van der Waals surface area contributed by atoms with Crippen molar-refractivity contribution in [3.8, 4) is 0 Å². The molecule has 0 aromatic heterocycles. The monoisotopic (exact) mass is 566 g/mol. The van der Waals surface area contributed by atoms with E-state index in [4.69, 9.17) is 12.2 Å². The van der Waals surface area contributed by atoms with Crippen molar-refractivity contribution in [2.75, 3.05) is 31.5 Å². The number of benzene rings is 2. The summed E-state index contributed by atoms with van der Waals surface area (Å²) in [6, 6.07) is 14.6. The largest absolute Gasteiger partial charge is 0.478 e. The van der Waals surface area contributed by atoms with E-state index in [0.29, 0.717) is 29.4 Å². The molecule has 8 nitrogen and oxygen atoms in total. The number of hydrogen-bond donors (Lipinski definition) is 5. The summed E-state index contributed by atoms with van der Waals surface area (Å²) in [5.41, 5.74) is 2.25. The summed E-state index contributed by atoms with van der Waals surface area (Å²) in [5, 5.41) is 28.7. The first kappa shape index (κ1) is 29.2. The number of piperidine rings is 1. The van der Waals surface area contributed by atoms with Gasteiger partial charge in [-0.05, 0) is 94.1 Å². The first-order valence-corrected chi connectivity index (χ1v) is 13.8. The normalized spacial score (nSPS) is 17.0. The standard InChI is InChI=1S/C30H35FN4O4S/c1-18-25(28(36)37)27(26(29(38)39)19(2)33-18)22-9-10-23(31)24(17-22)34-30(40)32-13-6-14-35-15-11-21(12-16-35)20-7-4-3-5-8-20/h3-5,7-10,17,21,27,33H,6,11-16H2,1-2H3,(H,36,37)(H,38,39)(H2,32,34,40). The molecule has 0 bridgehead atoms. The summed E-state index contributed by atoms with van der Waals surface area (Å²) in [6.45, 7) is 6.79. The van der Waals surface area contributed by atoms with E-state index in [1.54, 1.807) is 13.8 Å². The molecule has 212 valence electrons. The maximum absolute atomic E-state index is 14.7.